The Morgan fingerprint density at radius 3 is 2.80 bits per heavy atom. The second-order valence-corrected chi connectivity index (χ2v) is 5.99. The predicted octanol–water partition coefficient (Wildman–Crippen LogP) is 2.55. The van der Waals surface area contributed by atoms with Gasteiger partial charge in [-0.3, -0.25) is 4.79 Å². The number of amides is 1. The Hall–Kier alpha value is -2.93. The fourth-order valence-electron chi connectivity index (χ4n) is 2.37. The number of rotatable bonds is 5. The molecule has 2 aromatic heterocycles. The highest BCUT2D eigenvalue weighted by Crippen LogP contribution is 2.22. The summed E-state index contributed by atoms with van der Waals surface area (Å²) in [5.74, 6) is 0.181. The Morgan fingerprint density at radius 2 is 2.12 bits per heavy atom. The molecule has 1 atom stereocenters. The SMILES string of the molecule is Cc1ccc(C(C)(O)CNC(=O)c2cnn(-c3ccccc3F)c2)o1. The zero-order chi connectivity index (χ0) is 18.0. The van der Waals surface area contributed by atoms with Gasteiger partial charge in [-0.1, -0.05) is 12.1 Å². The van der Waals surface area contributed by atoms with Gasteiger partial charge in [-0.15, -0.1) is 0 Å². The lowest BCUT2D eigenvalue weighted by atomic mass is 10.0. The number of nitrogens with zero attached hydrogens (tertiary/aromatic N) is 2. The maximum atomic E-state index is 13.8. The third-order valence-corrected chi connectivity index (χ3v) is 3.81. The lowest BCUT2D eigenvalue weighted by molar-refractivity contribution is 0.0323. The molecule has 0 saturated carbocycles. The van der Waals surface area contributed by atoms with Crippen LogP contribution in [0.4, 0.5) is 4.39 Å². The predicted molar refractivity (Wildman–Crippen MR) is 88.9 cm³/mol. The molecule has 6 nitrogen and oxygen atoms in total. The molecule has 0 aliphatic rings. The Morgan fingerprint density at radius 1 is 1.36 bits per heavy atom. The Balaban J connectivity index is 1.69. The van der Waals surface area contributed by atoms with Crippen molar-refractivity contribution in [3.8, 4) is 5.69 Å². The van der Waals surface area contributed by atoms with E-state index in [2.05, 4.69) is 10.4 Å². The number of hydrogen-bond acceptors (Lipinski definition) is 4. The van der Waals surface area contributed by atoms with Crippen molar-refractivity contribution in [3.63, 3.8) is 0 Å². The second kappa shape index (κ2) is 6.52. The van der Waals surface area contributed by atoms with Gasteiger partial charge < -0.3 is 14.8 Å². The first-order valence-electron chi connectivity index (χ1n) is 7.74. The van der Waals surface area contributed by atoms with Crippen LogP contribution in [0.5, 0.6) is 0 Å². The van der Waals surface area contributed by atoms with Crippen molar-refractivity contribution < 1.29 is 18.7 Å². The van der Waals surface area contributed by atoms with E-state index in [4.69, 9.17) is 4.42 Å². The number of aryl methyl sites for hydroxylation is 1. The van der Waals surface area contributed by atoms with E-state index in [1.165, 1.54) is 23.1 Å². The summed E-state index contributed by atoms with van der Waals surface area (Å²) in [5.41, 5.74) is -0.833. The van der Waals surface area contributed by atoms with Gasteiger partial charge in [0.1, 0.15) is 28.6 Å². The molecule has 0 spiro atoms. The number of aromatic nitrogens is 2. The maximum absolute atomic E-state index is 13.8. The molecule has 25 heavy (non-hydrogen) atoms. The molecular formula is C18H18FN3O3. The smallest absolute Gasteiger partial charge is 0.254 e. The van der Waals surface area contributed by atoms with Crippen molar-refractivity contribution >= 4 is 5.91 Å². The topological polar surface area (TPSA) is 80.3 Å². The van der Waals surface area contributed by atoms with Gasteiger partial charge >= 0.3 is 0 Å². The first kappa shape index (κ1) is 16.9. The van der Waals surface area contributed by atoms with Crippen molar-refractivity contribution in [1.82, 2.24) is 15.1 Å². The van der Waals surface area contributed by atoms with Crippen LogP contribution < -0.4 is 5.32 Å². The van der Waals surface area contributed by atoms with Gasteiger partial charge in [-0.05, 0) is 38.1 Å². The molecule has 0 saturated heterocycles. The average Bonchev–Trinajstić information content (AvgIpc) is 3.23. The molecule has 3 aromatic rings. The van der Waals surface area contributed by atoms with Crippen molar-refractivity contribution in [2.45, 2.75) is 19.4 Å². The maximum Gasteiger partial charge on any atom is 0.254 e. The van der Waals surface area contributed by atoms with E-state index in [-0.39, 0.29) is 17.8 Å². The molecule has 0 radical (unpaired) electrons. The van der Waals surface area contributed by atoms with Crippen LogP contribution in [0, 0.1) is 12.7 Å². The number of furan rings is 1. The molecule has 2 heterocycles. The van der Waals surface area contributed by atoms with Crippen LogP contribution >= 0.6 is 0 Å². The van der Waals surface area contributed by atoms with Crippen LogP contribution in [0.3, 0.4) is 0 Å². The number of carbonyl (C=O) groups excluding carboxylic acids is 1. The second-order valence-electron chi connectivity index (χ2n) is 5.99. The highest BCUT2D eigenvalue weighted by molar-refractivity contribution is 5.93. The van der Waals surface area contributed by atoms with E-state index in [0.717, 1.165) is 0 Å². The van der Waals surface area contributed by atoms with Crippen LogP contribution in [0.15, 0.2) is 53.2 Å². The molecule has 3 rings (SSSR count). The number of nitrogens with one attached hydrogen (secondary N) is 1. The number of halogens is 1. The molecule has 1 unspecified atom stereocenters. The summed E-state index contributed by atoms with van der Waals surface area (Å²) in [5, 5.41) is 17.1. The van der Waals surface area contributed by atoms with Gasteiger partial charge in [-0.25, -0.2) is 9.07 Å². The summed E-state index contributed by atoms with van der Waals surface area (Å²) in [7, 11) is 0. The standard InChI is InChI=1S/C18H18FN3O3/c1-12-7-8-16(25-12)18(2,24)11-20-17(23)13-9-21-22(10-13)15-6-4-3-5-14(15)19/h3-10,24H,11H2,1-2H3,(H,20,23). The van der Waals surface area contributed by atoms with E-state index in [1.807, 2.05) is 0 Å². The summed E-state index contributed by atoms with van der Waals surface area (Å²) in [4.78, 5) is 12.3. The van der Waals surface area contributed by atoms with E-state index < -0.39 is 17.3 Å². The van der Waals surface area contributed by atoms with E-state index in [0.29, 0.717) is 11.5 Å². The first-order valence-corrected chi connectivity index (χ1v) is 7.74. The molecule has 0 fully saturated rings. The number of carbonyl (C=O) groups is 1. The number of hydrogen-bond donors (Lipinski definition) is 2. The lowest BCUT2D eigenvalue weighted by Crippen LogP contribution is -2.38. The zero-order valence-electron chi connectivity index (χ0n) is 13.9. The minimum absolute atomic E-state index is 0.0380. The normalized spacial score (nSPS) is 13.4. The lowest BCUT2D eigenvalue weighted by Gasteiger charge is -2.21. The van der Waals surface area contributed by atoms with Crippen molar-refractivity contribution in [2.75, 3.05) is 6.54 Å². The monoisotopic (exact) mass is 343 g/mol. The Kier molecular flexibility index (Phi) is 4.41. The number of aliphatic hydroxyl groups is 1. The largest absolute Gasteiger partial charge is 0.463 e. The number of benzene rings is 1. The van der Waals surface area contributed by atoms with Crippen LogP contribution in [0.25, 0.3) is 5.69 Å². The van der Waals surface area contributed by atoms with Gasteiger partial charge in [-0.2, -0.15) is 5.10 Å². The molecule has 1 aromatic carbocycles. The summed E-state index contributed by atoms with van der Waals surface area (Å²) >= 11 is 0. The quantitative estimate of drug-likeness (QED) is 0.746. The van der Waals surface area contributed by atoms with Crippen molar-refractivity contribution in [1.29, 1.82) is 0 Å². The zero-order valence-corrected chi connectivity index (χ0v) is 13.9. The molecule has 1 amide bonds. The molecule has 130 valence electrons. The van der Waals surface area contributed by atoms with Gasteiger partial charge in [0.2, 0.25) is 0 Å². The fourth-order valence-corrected chi connectivity index (χ4v) is 2.37. The highest BCUT2D eigenvalue weighted by atomic mass is 19.1. The summed E-state index contributed by atoms with van der Waals surface area (Å²) in [6.45, 7) is 3.28. The molecule has 7 heteroatoms. The summed E-state index contributed by atoms with van der Waals surface area (Å²) in [6.07, 6.45) is 2.77. The minimum Gasteiger partial charge on any atom is -0.463 e. The highest BCUT2D eigenvalue weighted by Gasteiger charge is 2.27. The van der Waals surface area contributed by atoms with Crippen LogP contribution in [-0.2, 0) is 5.60 Å². The van der Waals surface area contributed by atoms with Gasteiger partial charge in [0, 0.05) is 6.20 Å². The molecule has 0 aliphatic heterocycles. The van der Waals surface area contributed by atoms with Gasteiger partial charge in [0.25, 0.3) is 5.91 Å². The van der Waals surface area contributed by atoms with Crippen LogP contribution in [-0.4, -0.2) is 27.3 Å². The summed E-state index contributed by atoms with van der Waals surface area (Å²) < 4.78 is 20.5. The van der Waals surface area contributed by atoms with Crippen LogP contribution in [0.2, 0.25) is 0 Å². The fraction of sp³-hybridized carbons (Fsp3) is 0.222. The molecule has 0 aliphatic carbocycles. The first-order chi connectivity index (χ1) is 11.9. The Bertz CT molecular complexity index is 898. The van der Waals surface area contributed by atoms with Crippen LogP contribution in [0.1, 0.15) is 28.8 Å². The van der Waals surface area contributed by atoms with E-state index in [9.17, 15) is 14.3 Å². The molecule has 2 N–H and O–H groups in total. The minimum atomic E-state index is -1.34. The van der Waals surface area contributed by atoms with Crippen molar-refractivity contribution in [3.05, 3.63) is 71.7 Å². The molecular weight excluding hydrogens is 325 g/mol. The van der Waals surface area contributed by atoms with E-state index in [1.54, 1.807) is 44.2 Å². The molecule has 0 bridgehead atoms. The van der Waals surface area contributed by atoms with Crippen molar-refractivity contribution in [2.24, 2.45) is 0 Å². The van der Waals surface area contributed by atoms with E-state index >= 15 is 0 Å². The number of para-hydroxylation sites is 1. The Labute approximate surface area is 143 Å². The van der Waals surface area contributed by atoms with Gasteiger partial charge in [0.15, 0.2) is 0 Å². The third kappa shape index (κ3) is 3.61. The third-order valence-electron chi connectivity index (χ3n) is 3.81. The summed E-state index contributed by atoms with van der Waals surface area (Å²) in [6, 6.07) is 9.55. The van der Waals surface area contributed by atoms with Gasteiger partial charge in [0.05, 0.1) is 18.3 Å². The average molecular weight is 343 g/mol.